The molecule has 0 aromatic carbocycles. The van der Waals surface area contributed by atoms with Crippen molar-refractivity contribution in [1.82, 2.24) is 10.2 Å². The molecule has 3 amide bonds. The zero-order valence-corrected chi connectivity index (χ0v) is 8.92. The number of ether oxygens (including phenoxy) is 1. The SMILES string of the molecule is COC(=O)CN1C(=O)NC(C)(C(F)(F)F)C1=O. The monoisotopic (exact) mass is 254 g/mol. The third kappa shape index (κ3) is 2.04. The third-order valence-corrected chi connectivity index (χ3v) is 2.36. The molecule has 1 N–H and O–H groups in total. The van der Waals surface area contributed by atoms with E-state index in [1.54, 1.807) is 0 Å². The van der Waals surface area contributed by atoms with Gasteiger partial charge in [0.15, 0.2) is 0 Å². The maximum Gasteiger partial charge on any atom is 0.420 e. The summed E-state index contributed by atoms with van der Waals surface area (Å²) in [5.74, 6) is -2.51. The Bertz CT molecular complexity index is 381. The van der Waals surface area contributed by atoms with Crippen LogP contribution in [0.5, 0.6) is 0 Å². The predicted molar refractivity (Wildman–Crippen MR) is 46.7 cm³/mol. The summed E-state index contributed by atoms with van der Waals surface area (Å²) < 4.78 is 41.9. The number of carbonyl (C=O) groups is 3. The van der Waals surface area contributed by atoms with Gasteiger partial charge in [0.1, 0.15) is 6.54 Å². The molecule has 0 spiro atoms. The molecule has 0 aliphatic carbocycles. The first-order chi connectivity index (χ1) is 7.63. The molecule has 1 aliphatic rings. The molecule has 0 radical (unpaired) electrons. The van der Waals surface area contributed by atoms with Crippen molar-refractivity contribution in [2.24, 2.45) is 0 Å². The zero-order valence-electron chi connectivity index (χ0n) is 8.92. The number of urea groups is 1. The average Bonchev–Trinajstić information content (AvgIpc) is 2.42. The molecule has 6 nitrogen and oxygen atoms in total. The van der Waals surface area contributed by atoms with E-state index in [0.29, 0.717) is 6.92 Å². The Kier molecular flexibility index (Phi) is 3.04. The summed E-state index contributed by atoms with van der Waals surface area (Å²) in [6.07, 6.45) is -4.94. The lowest BCUT2D eigenvalue weighted by Gasteiger charge is -2.24. The fourth-order valence-corrected chi connectivity index (χ4v) is 1.23. The first-order valence-corrected chi connectivity index (χ1v) is 4.41. The lowest BCUT2D eigenvalue weighted by Crippen LogP contribution is -2.56. The number of imide groups is 1. The van der Waals surface area contributed by atoms with Crippen LogP contribution in [0.3, 0.4) is 0 Å². The number of nitrogens with one attached hydrogen (secondary N) is 1. The lowest BCUT2D eigenvalue weighted by atomic mass is 10.0. The number of methoxy groups -OCH3 is 1. The smallest absolute Gasteiger partial charge is 0.420 e. The van der Waals surface area contributed by atoms with Crippen molar-refractivity contribution in [2.45, 2.75) is 18.6 Å². The van der Waals surface area contributed by atoms with E-state index in [1.165, 1.54) is 5.32 Å². The first kappa shape index (κ1) is 13.3. The molecule has 1 heterocycles. The summed E-state index contributed by atoms with van der Waals surface area (Å²) in [6.45, 7) is -0.322. The van der Waals surface area contributed by atoms with Gasteiger partial charge in [-0.15, -0.1) is 0 Å². The molecule has 1 fully saturated rings. The standard InChI is InChI=1S/C8H9F3N2O4/c1-7(8(9,10)11)5(15)13(6(16)12-7)3-4(14)17-2/h3H2,1-2H3,(H,12,16). The maximum atomic E-state index is 12.6. The number of alkyl halides is 3. The van der Waals surface area contributed by atoms with Crippen molar-refractivity contribution in [2.75, 3.05) is 13.7 Å². The number of esters is 1. The molecule has 0 saturated carbocycles. The van der Waals surface area contributed by atoms with Crippen LogP contribution >= 0.6 is 0 Å². The van der Waals surface area contributed by atoms with Gasteiger partial charge in [-0.2, -0.15) is 13.2 Å². The van der Waals surface area contributed by atoms with Gasteiger partial charge < -0.3 is 10.1 Å². The van der Waals surface area contributed by atoms with Crippen molar-refractivity contribution >= 4 is 17.9 Å². The highest BCUT2D eigenvalue weighted by atomic mass is 19.4. The highest BCUT2D eigenvalue weighted by Crippen LogP contribution is 2.34. The Morgan fingerprint density at radius 3 is 2.35 bits per heavy atom. The molecule has 1 unspecified atom stereocenters. The van der Waals surface area contributed by atoms with Crippen molar-refractivity contribution in [3.8, 4) is 0 Å². The predicted octanol–water partition coefficient (Wildman–Crippen LogP) is 0.0322. The van der Waals surface area contributed by atoms with E-state index < -0.39 is 36.2 Å². The quantitative estimate of drug-likeness (QED) is 0.557. The normalized spacial score (nSPS) is 24.9. The number of rotatable bonds is 2. The third-order valence-electron chi connectivity index (χ3n) is 2.36. The topological polar surface area (TPSA) is 75.7 Å². The molecule has 9 heteroatoms. The maximum absolute atomic E-state index is 12.6. The Morgan fingerprint density at radius 1 is 1.47 bits per heavy atom. The summed E-state index contributed by atoms with van der Waals surface area (Å²) in [5.41, 5.74) is -3.00. The van der Waals surface area contributed by atoms with Gasteiger partial charge in [0, 0.05) is 0 Å². The van der Waals surface area contributed by atoms with Crippen LogP contribution in [-0.2, 0) is 14.3 Å². The number of nitrogens with zero attached hydrogens (tertiary/aromatic N) is 1. The van der Waals surface area contributed by atoms with Crippen LogP contribution in [-0.4, -0.2) is 48.2 Å². The fraction of sp³-hybridized carbons (Fsp3) is 0.625. The number of amides is 3. The highest BCUT2D eigenvalue weighted by molar-refractivity contribution is 6.09. The van der Waals surface area contributed by atoms with E-state index >= 15 is 0 Å². The van der Waals surface area contributed by atoms with Crippen molar-refractivity contribution < 1.29 is 32.3 Å². The summed E-state index contributed by atoms with van der Waals surface area (Å²) in [5, 5.41) is 1.50. The number of carbonyl (C=O) groups excluding carboxylic acids is 3. The van der Waals surface area contributed by atoms with Crippen LogP contribution in [0.15, 0.2) is 0 Å². The molecular weight excluding hydrogens is 245 g/mol. The van der Waals surface area contributed by atoms with Gasteiger partial charge in [-0.05, 0) is 6.92 Å². The van der Waals surface area contributed by atoms with E-state index in [1.807, 2.05) is 0 Å². The van der Waals surface area contributed by atoms with Gasteiger partial charge in [-0.25, -0.2) is 4.79 Å². The Hall–Kier alpha value is -1.80. The minimum Gasteiger partial charge on any atom is -0.468 e. The molecule has 0 aromatic heterocycles. The van der Waals surface area contributed by atoms with Gasteiger partial charge in [-0.1, -0.05) is 0 Å². The van der Waals surface area contributed by atoms with Gasteiger partial charge in [0.25, 0.3) is 5.91 Å². The summed E-state index contributed by atoms with van der Waals surface area (Å²) in [7, 11) is 0.990. The second kappa shape index (κ2) is 3.90. The molecule has 1 saturated heterocycles. The van der Waals surface area contributed by atoms with Crippen LogP contribution in [0, 0.1) is 0 Å². The minimum atomic E-state index is -4.94. The largest absolute Gasteiger partial charge is 0.468 e. The van der Waals surface area contributed by atoms with Crippen LogP contribution in [0.1, 0.15) is 6.92 Å². The Morgan fingerprint density at radius 2 is 2.00 bits per heavy atom. The molecule has 1 atom stereocenters. The number of halogens is 3. The van der Waals surface area contributed by atoms with Crippen LogP contribution in [0.2, 0.25) is 0 Å². The second-order valence-corrected chi connectivity index (χ2v) is 3.52. The van der Waals surface area contributed by atoms with E-state index in [4.69, 9.17) is 0 Å². The van der Waals surface area contributed by atoms with E-state index in [9.17, 15) is 27.6 Å². The second-order valence-electron chi connectivity index (χ2n) is 3.52. The van der Waals surface area contributed by atoms with Crippen LogP contribution in [0.4, 0.5) is 18.0 Å². The highest BCUT2D eigenvalue weighted by Gasteiger charge is 2.64. The van der Waals surface area contributed by atoms with Gasteiger partial charge in [0.05, 0.1) is 7.11 Å². The zero-order chi connectivity index (χ0) is 13.4. The molecule has 1 rings (SSSR count). The summed E-state index contributed by atoms with van der Waals surface area (Å²) in [4.78, 5) is 33.6. The first-order valence-electron chi connectivity index (χ1n) is 4.41. The average molecular weight is 254 g/mol. The molecule has 17 heavy (non-hydrogen) atoms. The van der Waals surface area contributed by atoms with Crippen molar-refractivity contribution in [3.63, 3.8) is 0 Å². The van der Waals surface area contributed by atoms with Crippen molar-refractivity contribution in [1.29, 1.82) is 0 Å². The van der Waals surface area contributed by atoms with Crippen LogP contribution in [0.25, 0.3) is 0 Å². The van der Waals surface area contributed by atoms with Gasteiger partial charge >= 0.3 is 18.2 Å². The molecule has 0 bridgehead atoms. The van der Waals surface area contributed by atoms with Gasteiger partial charge in [0.2, 0.25) is 5.54 Å². The van der Waals surface area contributed by atoms with Crippen LogP contribution < -0.4 is 5.32 Å². The van der Waals surface area contributed by atoms with E-state index in [0.717, 1.165) is 7.11 Å². The molecule has 1 aliphatic heterocycles. The summed E-state index contributed by atoms with van der Waals surface area (Å²) in [6, 6.07) is -1.28. The van der Waals surface area contributed by atoms with E-state index in [2.05, 4.69) is 4.74 Å². The summed E-state index contributed by atoms with van der Waals surface area (Å²) >= 11 is 0. The molecular formula is C8H9F3N2O4. The number of hydrogen-bond donors (Lipinski definition) is 1. The molecule has 0 aromatic rings. The number of hydrogen-bond acceptors (Lipinski definition) is 4. The Labute approximate surface area is 93.7 Å². The van der Waals surface area contributed by atoms with Crippen molar-refractivity contribution in [3.05, 3.63) is 0 Å². The molecule has 96 valence electrons. The fourth-order valence-electron chi connectivity index (χ4n) is 1.23. The lowest BCUT2D eigenvalue weighted by molar-refractivity contribution is -0.191. The Balaban J connectivity index is 2.97. The van der Waals surface area contributed by atoms with E-state index in [-0.39, 0.29) is 4.90 Å². The minimum absolute atomic E-state index is 0.166. The van der Waals surface area contributed by atoms with Gasteiger partial charge in [-0.3, -0.25) is 14.5 Å².